The van der Waals surface area contributed by atoms with E-state index in [1.165, 1.54) is 0 Å². The van der Waals surface area contributed by atoms with E-state index >= 15 is 0 Å². The number of amides is 4. The van der Waals surface area contributed by atoms with Crippen LogP contribution in [-0.4, -0.2) is 91.8 Å². The molecule has 2 N–H and O–H groups in total. The lowest BCUT2D eigenvalue weighted by atomic mass is 9.84. The Hall–Kier alpha value is -4.62. The molecule has 0 saturated carbocycles. The number of aromatic nitrogens is 2. The number of carboxylic acids is 2. The van der Waals surface area contributed by atoms with E-state index in [0.29, 0.717) is 11.4 Å². The summed E-state index contributed by atoms with van der Waals surface area (Å²) in [5, 5.41) is 29.4. The molecule has 0 spiro atoms. The molecule has 4 atom stereocenters. The van der Waals surface area contributed by atoms with Crippen LogP contribution in [0.3, 0.4) is 0 Å². The number of carbonyl (C=O) groups is 6. The third-order valence-corrected chi connectivity index (χ3v) is 8.12. The summed E-state index contributed by atoms with van der Waals surface area (Å²) in [4.78, 5) is 78.2. The van der Waals surface area contributed by atoms with Gasteiger partial charge in [0.1, 0.15) is 11.4 Å². The molecule has 2 saturated heterocycles. The van der Waals surface area contributed by atoms with E-state index < -0.39 is 65.1 Å². The van der Waals surface area contributed by atoms with E-state index in [-0.39, 0.29) is 38.8 Å². The van der Waals surface area contributed by atoms with Crippen molar-refractivity contribution in [2.45, 2.75) is 63.7 Å². The van der Waals surface area contributed by atoms with Gasteiger partial charge in [-0.25, -0.2) is 0 Å². The molecule has 4 amide bonds. The number of likely N-dealkylation sites (tertiary alicyclic amines) is 2. The van der Waals surface area contributed by atoms with Crippen LogP contribution in [-0.2, 0) is 33.3 Å². The Balaban J connectivity index is 1.38. The lowest BCUT2D eigenvalue weighted by Crippen LogP contribution is -2.56. The predicted molar refractivity (Wildman–Crippen MR) is 147 cm³/mol. The Morgan fingerprint density at radius 1 is 0.837 bits per heavy atom. The number of rotatable bonds is 10. The molecule has 0 bridgehead atoms. The molecule has 2 aliphatic heterocycles. The summed E-state index contributed by atoms with van der Waals surface area (Å²) in [5.41, 5.74) is -0.261. The van der Waals surface area contributed by atoms with E-state index in [4.69, 9.17) is 0 Å². The van der Waals surface area contributed by atoms with Crippen LogP contribution in [0.4, 0.5) is 0 Å². The minimum absolute atomic E-state index is 0.0273. The molecule has 2 aromatic rings. The lowest BCUT2D eigenvalue weighted by molar-refractivity contribution is -0.312. The molecule has 4 rings (SSSR count). The highest BCUT2D eigenvalue weighted by Gasteiger charge is 2.42. The third kappa shape index (κ3) is 6.89. The second kappa shape index (κ2) is 12.3. The van der Waals surface area contributed by atoms with Gasteiger partial charge in [-0.15, -0.1) is 0 Å². The highest BCUT2D eigenvalue weighted by molar-refractivity contribution is 5.94. The summed E-state index contributed by atoms with van der Waals surface area (Å²) in [6.07, 6.45) is 3.14. The smallest absolute Gasteiger partial charge is 0.268 e. The van der Waals surface area contributed by atoms with E-state index in [0.717, 1.165) is 9.80 Å². The number of nitrogens with one attached hydrogen (secondary N) is 2. The van der Waals surface area contributed by atoms with Crippen LogP contribution >= 0.6 is 0 Å². The van der Waals surface area contributed by atoms with E-state index in [9.17, 15) is 39.0 Å². The van der Waals surface area contributed by atoms with Gasteiger partial charge in [-0.05, 0) is 42.5 Å². The van der Waals surface area contributed by atoms with E-state index in [2.05, 4.69) is 10.6 Å². The van der Waals surface area contributed by atoms with Gasteiger partial charge in [-0.3, -0.25) is 19.2 Å². The van der Waals surface area contributed by atoms with Gasteiger partial charge < -0.3 is 49.4 Å². The zero-order valence-corrected chi connectivity index (χ0v) is 24.6. The number of aliphatic carboxylic acids is 2. The van der Waals surface area contributed by atoms with Gasteiger partial charge in [0.25, 0.3) is 11.8 Å². The molecule has 0 aliphatic carbocycles. The van der Waals surface area contributed by atoms with Gasteiger partial charge in [-0.1, -0.05) is 13.8 Å². The fourth-order valence-electron chi connectivity index (χ4n) is 5.93. The molecule has 14 nitrogen and oxygen atoms in total. The Morgan fingerprint density at radius 2 is 1.37 bits per heavy atom. The molecule has 4 unspecified atom stereocenters. The molecule has 0 aromatic carbocycles. The summed E-state index contributed by atoms with van der Waals surface area (Å²) in [6.45, 7) is 3.33. The predicted octanol–water partition coefficient (Wildman–Crippen LogP) is -2.23. The average Bonchev–Trinajstić information content (AvgIpc) is 3.69. The van der Waals surface area contributed by atoms with Crippen LogP contribution in [0.2, 0.25) is 0 Å². The number of hydrogen-bond donors (Lipinski definition) is 2. The second-order valence-corrected chi connectivity index (χ2v) is 12.0. The molecular formula is C29H36N6O8-2. The average molecular weight is 597 g/mol. The summed E-state index contributed by atoms with van der Waals surface area (Å²) >= 11 is 0. The van der Waals surface area contributed by atoms with Crippen molar-refractivity contribution in [2.75, 3.05) is 13.1 Å². The van der Waals surface area contributed by atoms with E-state index in [1.54, 1.807) is 73.7 Å². The van der Waals surface area contributed by atoms with Crippen molar-refractivity contribution in [2.24, 2.45) is 19.5 Å². The number of nitrogens with zero attached hydrogens (tertiary/aromatic N) is 4. The normalized spacial score (nSPS) is 22.0. The third-order valence-electron chi connectivity index (χ3n) is 8.12. The first-order valence-electron chi connectivity index (χ1n) is 14.0. The summed E-state index contributed by atoms with van der Waals surface area (Å²) in [6, 6.07) is 2.46. The Morgan fingerprint density at radius 3 is 1.86 bits per heavy atom. The molecule has 14 heteroatoms. The monoisotopic (exact) mass is 596 g/mol. The van der Waals surface area contributed by atoms with E-state index in [1.807, 2.05) is 0 Å². The zero-order chi connectivity index (χ0) is 31.6. The molecule has 4 heterocycles. The van der Waals surface area contributed by atoms with Crippen LogP contribution in [0.25, 0.3) is 0 Å². The molecule has 43 heavy (non-hydrogen) atoms. The largest absolute Gasteiger partial charge is 0.548 e. The van der Waals surface area contributed by atoms with Gasteiger partial charge in [0.15, 0.2) is 0 Å². The van der Waals surface area contributed by atoms with Crippen molar-refractivity contribution >= 4 is 35.6 Å². The Kier molecular flexibility index (Phi) is 8.97. The van der Waals surface area contributed by atoms with Crippen molar-refractivity contribution in [1.29, 1.82) is 0 Å². The van der Waals surface area contributed by atoms with Crippen molar-refractivity contribution in [3.63, 3.8) is 0 Å². The van der Waals surface area contributed by atoms with Gasteiger partial charge in [0.2, 0.25) is 11.8 Å². The number of carboxylic acid groups (broad SMARTS) is 2. The highest BCUT2D eigenvalue weighted by atomic mass is 16.4. The number of aryl methyl sites for hydroxylation is 2. The van der Waals surface area contributed by atoms with Crippen LogP contribution < -0.4 is 20.8 Å². The molecule has 2 fully saturated rings. The maximum absolute atomic E-state index is 13.3. The first-order valence-corrected chi connectivity index (χ1v) is 14.0. The maximum Gasteiger partial charge on any atom is 0.268 e. The lowest BCUT2D eigenvalue weighted by Gasteiger charge is -2.33. The fraction of sp³-hybridized carbons (Fsp3) is 0.517. The zero-order valence-electron chi connectivity index (χ0n) is 24.6. The van der Waals surface area contributed by atoms with Crippen LogP contribution in [0.1, 0.15) is 60.5 Å². The molecule has 2 aromatic heterocycles. The van der Waals surface area contributed by atoms with Crippen LogP contribution in [0.15, 0.2) is 36.7 Å². The maximum atomic E-state index is 13.3. The first-order chi connectivity index (χ1) is 20.2. The van der Waals surface area contributed by atoms with Crippen molar-refractivity contribution in [3.05, 3.63) is 48.0 Å². The SMILES string of the molecule is Cn1cccc1C(=O)NC1CC(C(=O)[O-])N(C(=O)CC(C)(C)CC(=O)N2CCC(NC(=O)c3cccn3C)C2C(=O)[O-])C1. The summed E-state index contributed by atoms with van der Waals surface area (Å²) < 4.78 is 3.21. The fourth-order valence-corrected chi connectivity index (χ4v) is 5.93. The topological polar surface area (TPSA) is 189 Å². The summed E-state index contributed by atoms with van der Waals surface area (Å²) in [7, 11) is 3.38. The van der Waals surface area contributed by atoms with Crippen LogP contribution in [0.5, 0.6) is 0 Å². The highest BCUT2D eigenvalue weighted by Crippen LogP contribution is 2.31. The minimum Gasteiger partial charge on any atom is -0.548 e. The number of carbonyl (C=O) groups excluding carboxylic acids is 6. The van der Waals surface area contributed by atoms with Gasteiger partial charge in [0, 0.05) is 58.5 Å². The first kappa shape index (κ1) is 31.3. The van der Waals surface area contributed by atoms with Crippen molar-refractivity contribution in [3.8, 4) is 0 Å². The molecule has 0 radical (unpaired) electrons. The quantitative estimate of drug-likeness (QED) is 0.308. The Bertz CT molecular complexity index is 1410. The molecule has 232 valence electrons. The van der Waals surface area contributed by atoms with Crippen LogP contribution in [0, 0.1) is 5.41 Å². The standard InChI is InChI=1S/C29H38N6O8/c1-29(2,14-22(36)34-12-9-18(24(34)28(42)43)31-26(39)20-8-6-11-33(20)4)15-23(37)35-16-17(13-21(35)27(40)41)30-25(38)19-7-5-10-32(19)3/h5-8,10-11,17-18,21,24H,9,12-16H2,1-4H3,(H,30,38)(H,31,39)(H,40,41)(H,42,43)/p-2. The number of hydrogen-bond acceptors (Lipinski definition) is 8. The van der Waals surface area contributed by atoms with Gasteiger partial charge in [-0.2, -0.15) is 0 Å². The second-order valence-electron chi connectivity index (χ2n) is 12.0. The van der Waals surface area contributed by atoms with Crippen molar-refractivity contribution < 1.29 is 39.0 Å². The van der Waals surface area contributed by atoms with Crippen molar-refractivity contribution in [1.82, 2.24) is 29.6 Å². The summed E-state index contributed by atoms with van der Waals surface area (Å²) in [5.74, 6) is -4.90. The molecular weight excluding hydrogens is 560 g/mol. The minimum atomic E-state index is -1.51. The van der Waals surface area contributed by atoms with Gasteiger partial charge >= 0.3 is 0 Å². The van der Waals surface area contributed by atoms with Gasteiger partial charge in [0.05, 0.1) is 30.1 Å². The molecule has 2 aliphatic rings. The Labute approximate surface area is 248 Å².